The number of carbonyl (C=O) groups excluding carboxylic acids is 1. The quantitative estimate of drug-likeness (QED) is 0.589. The molecule has 1 amide bonds. The molecule has 1 N–H and O–H groups in total. The molecule has 56 valence electrons. The molecule has 0 atom stereocenters. The zero-order valence-electron chi connectivity index (χ0n) is 6.02. The number of amides is 1. The Hall–Kier alpha value is -1.17. The van der Waals surface area contributed by atoms with Crippen molar-refractivity contribution in [2.75, 3.05) is 13.2 Å². The molecule has 0 aromatic heterocycles. The number of hydrogen-bond donors (Lipinski definition) is 1. The summed E-state index contributed by atoms with van der Waals surface area (Å²) in [5.41, 5.74) is 0. The summed E-state index contributed by atoms with van der Waals surface area (Å²) in [6, 6.07) is 0. The lowest BCUT2D eigenvalue weighted by atomic mass is 10.5. The van der Waals surface area contributed by atoms with E-state index in [1.807, 2.05) is 6.92 Å². The highest BCUT2D eigenvalue weighted by Crippen LogP contribution is 1.76. The molecule has 0 radical (unpaired) electrons. The molecule has 0 heterocycles. The summed E-state index contributed by atoms with van der Waals surface area (Å²) in [6.45, 7) is 2.63. The van der Waals surface area contributed by atoms with Crippen LogP contribution in [0.1, 0.15) is 13.3 Å². The Morgan fingerprint density at radius 1 is 1.80 bits per heavy atom. The van der Waals surface area contributed by atoms with E-state index in [9.17, 15) is 4.79 Å². The third-order valence-electron chi connectivity index (χ3n) is 0.806. The summed E-state index contributed by atoms with van der Waals surface area (Å²) in [4.78, 5) is 10.5. The van der Waals surface area contributed by atoms with Crippen molar-refractivity contribution in [1.82, 2.24) is 5.32 Å². The van der Waals surface area contributed by atoms with Gasteiger partial charge in [-0.05, 0) is 6.42 Å². The standard InChI is InChI=1S/C7H11NO2/c1-3-5-8-7(9)10-6-4-2/h2H,3,5-6H2,1H3,(H,8,9). The Labute approximate surface area is 60.8 Å². The van der Waals surface area contributed by atoms with Crippen molar-refractivity contribution in [3.05, 3.63) is 0 Å². The van der Waals surface area contributed by atoms with E-state index >= 15 is 0 Å². The molecular formula is C7H11NO2. The van der Waals surface area contributed by atoms with Gasteiger partial charge < -0.3 is 10.1 Å². The molecule has 10 heavy (non-hydrogen) atoms. The van der Waals surface area contributed by atoms with Gasteiger partial charge in [0.25, 0.3) is 0 Å². The number of ether oxygens (including phenoxy) is 1. The van der Waals surface area contributed by atoms with Crippen LogP contribution < -0.4 is 5.32 Å². The molecule has 0 rings (SSSR count). The van der Waals surface area contributed by atoms with Crippen molar-refractivity contribution in [2.24, 2.45) is 0 Å². The van der Waals surface area contributed by atoms with Crippen LogP contribution in [0, 0.1) is 12.3 Å². The van der Waals surface area contributed by atoms with Crippen molar-refractivity contribution < 1.29 is 9.53 Å². The number of nitrogens with one attached hydrogen (secondary N) is 1. The number of carbonyl (C=O) groups is 1. The smallest absolute Gasteiger partial charge is 0.408 e. The van der Waals surface area contributed by atoms with Crippen LogP contribution in [0.25, 0.3) is 0 Å². The minimum absolute atomic E-state index is 0.0372. The van der Waals surface area contributed by atoms with Gasteiger partial charge in [0.1, 0.15) is 0 Å². The predicted octanol–water partition coefficient (Wildman–Crippen LogP) is 0.756. The molecule has 0 aliphatic rings. The Kier molecular flexibility index (Phi) is 5.26. The third kappa shape index (κ3) is 4.98. The molecule has 0 fully saturated rings. The molecule has 0 aliphatic heterocycles. The highest BCUT2D eigenvalue weighted by Gasteiger charge is 1.95. The average molecular weight is 141 g/mol. The van der Waals surface area contributed by atoms with Crippen LogP contribution in [0.2, 0.25) is 0 Å². The van der Waals surface area contributed by atoms with E-state index < -0.39 is 6.09 Å². The molecule has 0 saturated heterocycles. The Balaban J connectivity index is 3.19. The zero-order chi connectivity index (χ0) is 7.82. The lowest BCUT2D eigenvalue weighted by Gasteiger charge is -2.00. The molecule has 0 aliphatic carbocycles. The fourth-order valence-electron chi connectivity index (χ4n) is 0.385. The summed E-state index contributed by atoms with van der Waals surface area (Å²) >= 11 is 0. The molecule has 0 unspecified atom stereocenters. The minimum atomic E-state index is -0.445. The molecule has 0 aromatic carbocycles. The van der Waals surface area contributed by atoms with Gasteiger partial charge in [-0.3, -0.25) is 0 Å². The van der Waals surface area contributed by atoms with Gasteiger partial charge in [-0.15, -0.1) is 6.42 Å². The molecule has 0 aromatic rings. The SMILES string of the molecule is C#CCOC(=O)NCCC. The number of alkyl carbamates (subject to hydrolysis) is 1. The van der Waals surface area contributed by atoms with Crippen molar-refractivity contribution in [1.29, 1.82) is 0 Å². The van der Waals surface area contributed by atoms with Crippen LogP contribution in [0.15, 0.2) is 0 Å². The Morgan fingerprint density at radius 2 is 2.50 bits per heavy atom. The maximum atomic E-state index is 10.5. The predicted molar refractivity (Wildman–Crippen MR) is 38.5 cm³/mol. The monoisotopic (exact) mass is 141 g/mol. The van der Waals surface area contributed by atoms with Crippen molar-refractivity contribution in [3.63, 3.8) is 0 Å². The third-order valence-corrected chi connectivity index (χ3v) is 0.806. The number of hydrogen-bond acceptors (Lipinski definition) is 2. The summed E-state index contributed by atoms with van der Waals surface area (Å²) in [6.07, 6.45) is 5.30. The fourth-order valence-corrected chi connectivity index (χ4v) is 0.385. The number of terminal acetylenes is 1. The van der Waals surface area contributed by atoms with Gasteiger partial charge in [0.2, 0.25) is 0 Å². The second-order valence-corrected chi connectivity index (χ2v) is 1.71. The molecule has 3 heteroatoms. The molecule has 0 bridgehead atoms. The maximum Gasteiger partial charge on any atom is 0.408 e. The second kappa shape index (κ2) is 5.96. The van der Waals surface area contributed by atoms with E-state index in [4.69, 9.17) is 6.42 Å². The molecule has 0 saturated carbocycles. The van der Waals surface area contributed by atoms with Crippen LogP contribution in [0.5, 0.6) is 0 Å². The van der Waals surface area contributed by atoms with Crippen molar-refractivity contribution >= 4 is 6.09 Å². The van der Waals surface area contributed by atoms with E-state index in [1.54, 1.807) is 0 Å². The molecule has 0 spiro atoms. The van der Waals surface area contributed by atoms with E-state index in [-0.39, 0.29) is 6.61 Å². The first-order chi connectivity index (χ1) is 4.81. The summed E-state index contributed by atoms with van der Waals surface area (Å²) in [5.74, 6) is 2.19. The zero-order valence-corrected chi connectivity index (χ0v) is 6.02. The largest absolute Gasteiger partial charge is 0.436 e. The highest BCUT2D eigenvalue weighted by molar-refractivity contribution is 5.67. The van der Waals surface area contributed by atoms with E-state index in [0.717, 1.165) is 6.42 Å². The Bertz CT molecular complexity index is 137. The van der Waals surface area contributed by atoms with Crippen molar-refractivity contribution in [3.8, 4) is 12.3 Å². The van der Waals surface area contributed by atoms with Gasteiger partial charge in [0, 0.05) is 6.54 Å². The van der Waals surface area contributed by atoms with Gasteiger partial charge >= 0.3 is 6.09 Å². The van der Waals surface area contributed by atoms with E-state index in [0.29, 0.717) is 6.54 Å². The van der Waals surface area contributed by atoms with E-state index in [2.05, 4.69) is 16.0 Å². The first kappa shape index (κ1) is 8.83. The number of rotatable bonds is 3. The van der Waals surface area contributed by atoms with Crippen LogP contribution in [0.3, 0.4) is 0 Å². The normalized spacial score (nSPS) is 8.00. The van der Waals surface area contributed by atoms with Crippen LogP contribution in [-0.4, -0.2) is 19.2 Å². The van der Waals surface area contributed by atoms with Crippen molar-refractivity contribution in [2.45, 2.75) is 13.3 Å². The van der Waals surface area contributed by atoms with Gasteiger partial charge in [-0.1, -0.05) is 12.8 Å². The first-order valence-corrected chi connectivity index (χ1v) is 3.15. The maximum absolute atomic E-state index is 10.5. The van der Waals surface area contributed by atoms with E-state index in [1.165, 1.54) is 0 Å². The lowest BCUT2D eigenvalue weighted by Crippen LogP contribution is -2.24. The molecule has 3 nitrogen and oxygen atoms in total. The summed E-state index contributed by atoms with van der Waals surface area (Å²) in [7, 11) is 0. The minimum Gasteiger partial charge on any atom is -0.436 e. The first-order valence-electron chi connectivity index (χ1n) is 3.15. The topological polar surface area (TPSA) is 38.3 Å². The van der Waals surface area contributed by atoms with Gasteiger partial charge in [0.05, 0.1) is 0 Å². The Morgan fingerprint density at radius 3 is 3.00 bits per heavy atom. The van der Waals surface area contributed by atoms with Gasteiger partial charge in [-0.2, -0.15) is 0 Å². The highest BCUT2D eigenvalue weighted by atomic mass is 16.5. The second-order valence-electron chi connectivity index (χ2n) is 1.71. The summed E-state index contributed by atoms with van der Waals surface area (Å²) in [5, 5.41) is 2.51. The molecular weight excluding hydrogens is 130 g/mol. The van der Waals surface area contributed by atoms with Gasteiger partial charge in [0.15, 0.2) is 6.61 Å². The summed E-state index contributed by atoms with van der Waals surface area (Å²) < 4.78 is 4.51. The van der Waals surface area contributed by atoms with Crippen LogP contribution >= 0.6 is 0 Å². The lowest BCUT2D eigenvalue weighted by molar-refractivity contribution is 0.160. The average Bonchev–Trinajstić information content (AvgIpc) is 1.97. The van der Waals surface area contributed by atoms with Crippen LogP contribution in [-0.2, 0) is 4.74 Å². The van der Waals surface area contributed by atoms with Gasteiger partial charge in [-0.25, -0.2) is 4.79 Å². The fraction of sp³-hybridized carbons (Fsp3) is 0.571. The van der Waals surface area contributed by atoms with Crippen LogP contribution in [0.4, 0.5) is 4.79 Å².